The van der Waals surface area contributed by atoms with Crippen molar-refractivity contribution in [3.8, 4) is 11.1 Å². The van der Waals surface area contributed by atoms with Gasteiger partial charge in [0, 0.05) is 32.7 Å². The van der Waals surface area contributed by atoms with Crippen LogP contribution in [0.5, 0.6) is 0 Å². The van der Waals surface area contributed by atoms with Gasteiger partial charge in [0.2, 0.25) is 0 Å². The predicted octanol–water partition coefficient (Wildman–Crippen LogP) is 4.42. The molecule has 176 valence electrons. The molecule has 0 spiro atoms. The molecule has 3 aromatic carbocycles. The molecule has 3 aromatic rings. The number of morpholine rings is 1. The molecular weight excluding hydrogens is 431 g/mol. The van der Waals surface area contributed by atoms with Gasteiger partial charge in [-0.05, 0) is 39.9 Å². The maximum absolute atomic E-state index is 13.3. The zero-order valence-electron chi connectivity index (χ0n) is 19.1. The zero-order valence-corrected chi connectivity index (χ0v) is 19.1. The summed E-state index contributed by atoms with van der Waals surface area (Å²) in [4.78, 5) is 16.2. The van der Waals surface area contributed by atoms with Crippen LogP contribution in [0.4, 0.5) is 4.39 Å². The Hall–Kier alpha value is -2.90. The molecule has 0 aromatic heterocycles. The van der Waals surface area contributed by atoms with E-state index in [0.29, 0.717) is 13.1 Å². The molecule has 6 heteroatoms. The average Bonchev–Trinajstić information content (AvgIpc) is 3.28. The van der Waals surface area contributed by atoms with Gasteiger partial charge in [0.1, 0.15) is 5.82 Å². The molecule has 0 saturated carbocycles. The first-order valence-electron chi connectivity index (χ1n) is 11.8. The van der Waals surface area contributed by atoms with E-state index in [-0.39, 0.29) is 11.9 Å². The quantitative estimate of drug-likeness (QED) is 0.488. The van der Waals surface area contributed by atoms with E-state index in [1.54, 1.807) is 12.1 Å². The van der Waals surface area contributed by atoms with Crippen LogP contribution in [-0.2, 0) is 27.4 Å². The molecule has 2 atom stereocenters. The summed E-state index contributed by atoms with van der Waals surface area (Å²) in [5, 5.41) is 0. The molecule has 5 rings (SSSR count). The lowest BCUT2D eigenvalue weighted by atomic mass is 9.96. The number of hydrogen-bond donors (Lipinski definition) is 0. The largest absolute Gasteiger partial charge is 0.379 e. The van der Waals surface area contributed by atoms with Crippen molar-refractivity contribution in [2.24, 2.45) is 0 Å². The van der Waals surface area contributed by atoms with Gasteiger partial charge in [0.15, 0.2) is 12.5 Å². The molecule has 0 radical (unpaired) electrons. The van der Waals surface area contributed by atoms with Crippen LogP contribution in [0.15, 0.2) is 72.8 Å². The first kappa shape index (κ1) is 22.9. The van der Waals surface area contributed by atoms with Gasteiger partial charge >= 0.3 is 0 Å². The number of rotatable bonds is 7. The number of halogens is 1. The van der Waals surface area contributed by atoms with Crippen LogP contribution in [-0.4, -0.2) is 55.2 Å². The van der Waals surface area contributed by atoms with Crippen LogP contribution < -0.4 is 0 Å². The smallest absolute Gasteiger partial charge is 0.168 e. The third kappa shape index (κ3) is 5.26. The fourth-order valence-electron chi connectivity index (χ4n) is 4.76. The Balaban J connectivity index is 1.37. The Bertz CT molecular complexity index is 1100. The molecule has 0 amide bonds. The second-order valence-corrected chi connectivity index (χ2v) is 8.88. The molecule has 2 saturated heterocycles. The highest BCUT2D eigenvalue weighted by molar-refractivity contribution is 5.68. The highest BCUT2D eigenvalue weighted by Gasteiger charge is 2.33. The molecule has 0 aliphatic carbocycles. The molecule has 2 unspecified atom stereocenters. The molecule has 0 bridgehead atoms. The maximum atomic E-state index is 13.3. The van der Waals surface area contributed by atoms with E-state index >= 15 is 0 Å². The molecular formula is C28H29FN2O3. The summed E-state index contributed by atoms with van der Waals surface area (Å²) in [5.74, 6) is -0.281. The number of hydrogen-bond acceptors (Lipinski definition) is 5. The molecule has 2 aliphatic rings. The minimum Gasteiger partial charge on any atom is -0.379 e. The second-order valence-electron chi connectivity index (χ2n) is 8.88. The Morgan fingerprint density at radius 2 is 1.71 bits per heavy atom. The number of carbonyl (C=O) groups is 1. The van der Waals surface area contributed by atoms with Gasteiger partial charge in [-0.2, -0.15) is 0 Å². The Labute approximate surface area is 199 Å². The van der Waals surface area contributed by atoms with Crippen LogP contribution in [0, 0.1) is 5.82 Å². The van der Waals surface area contributed by atoms with Crippen LogP contribution in [0.1, 0.15) is 22.8 Å². The highest BCUT2D eigenvalue weighted by atomic mass is 19.1. The minimum absolute atomic E-state index is 0.257. The number of aldehydes is 1. The van der Waals surface area contributed by atoms with Crippen molar-refractivity contribution in [1.29, 1.82) is 0 Å². The first-order valence-corrected chi connectivity index (χ1v) is 11.8. The summed E-state index contributed by atoms with van der Waals surface area (Å²) < 4.78 is 24.8. The van der Waals surface area contributed by atoms with E-state index in [0.717, 1.165) is 50.3 Å². The lowest BCUT2D eigenvalue weighted by Gasteiger charge is -2.28. The lowest BCUT2D eigenvalue weighted by molar-refractivity contribution is -0.123. The molecule has 2 aliphatic heterocycles. The molecule has 34 heavy (non-hydrogen) atoms. The summed E-state index contributed by atoms with van der Waals surface area (Å²) in [6, 6.07) is 23.3. The summed E-state index contributed by atoms with van der Waals surface area (Å²) in [6.07, 6.45) is -0.0324. The van der Waals surface area contributed by atoms with Crippen molar-refractivity contribution in [3.05, 3.63) is 95.3 Å². The van der Waals surface area contributed by atoms with Crippen molar-refractivity contribution in [3.63, 3.8) is 0 Å². The highest BCUT2D eigenvalue weighted by Crippen LogP contribution is 2.31. The molecule has 2 heterocycles. The van der Waals surface area contributed by atoms with Crippen LogP contribution in [0.3, 0.4) is 0 Å². The van der Waals surface area contributed by atoms with Crippen LogP contribution in [0.25, 0.3) is 11.1 Å². The van der Waals surface area contributed by atoms with E-state index in [4.69, 9.17) is 9.47 Å². The summed E-state index contributed by atoms with van der Waals surface area (Å²) in [6.45, 7) is 5.40. The monoisotopic (exact) mass is 460 g/mol. The molecule has 0 N–H and O–H groups in total. The summed E-state index contributed by atoms with van der Waals surface area (Å²) in [7, 11) is 0. The van der Waals surface area contributed by atoms with Crippen molar-refractivity contribution in [1.82, 2.24) is 9.80 Å². The van der Waals surface area contributed by atoms with Crippen molar-refractivity contribution >= 4 is 6.29 Å². The fraction of sp³-hybridized carbons (Fsp3) is 0.321. The number of benzene rings is 3. The van der Waals surface area contributed by atoms with Crippen molar-refractivity contribution < 1.29 is 18.7 Å². The van der Waals surface area contributed by atoms with E-state index < -0.39 is 6.23 Å². The third-order valence-corrected chi connectivity index (χ3v) is 6.56. The van der Waals surface area contributed by atoms with Gasteiger partial charge in [0.25, 0.3) is 0 Å². The van der Waals surface area contributed by atoms with Crippen molar-refractivity contribution in [2.45, 2.75) is 25.4 Å². The number of carbonyl (C=O) groups excluding carboxylic acids is 1. The maximum Gasteiger partial charge on any atom is 0.168 e. The minimum atomic E-state index is -0.619. The third-order valence-electron chi connectivity index (χ3n) is 6.56. The van der Waals surface area contributed by atoms with E-state index in [2.05, 4.69) is 47.4 Å². The first-order chi connectivity index (χ1) is 16.7. The normalized spacial score (nSPS) is 21.6. The lowest BCUT2D eigenvalue weighted by Crippen LogP contribution is -2.35. The Morgan fingerprint density at radius 1 is 0.941 bits per heavy atom. The van der Waals surface area contributed by atoms with Crippen molar-refractivity contribution in [2.75, 3.05) is 32.8 Å². The topological polar surface area (TPSA) is 42.0 Å². The second kappa shape index (κ2) is 10.6. The van der Waals surface area contributed by atoms with Gasteiger partial charge in [-0.1, -0.05) is 60.7 Å². The van der Waals surface area contributed by atoms with Gasteiger partial charge in [-0.25, -0.2) is 4.39 Å². The number of nitrogens with zero attached hydrogens (tertiary/aromatic N) is 2. The Morgan fingerprint density at radius 3 is 2.44 bits per heavy atom. The van der Waals surface area contributed by atoms with Gasteiger partial charge in [-0.3, -0.25) is 14.6 Å². The fourth-order valence-corrected chi connectivity index (χ4v) is 4.76. The van der Waals surface area contributed by atoms with Gasteiger partial charge in [0.05, 0.1) is 19.3 Å². The SMILES string of the molecule is O=CC1OC(c2ccc(F)cc2)CN1Cc1ccc(-c2ccccc2)c(CN2CCOCC2)c1. The standard InChI is InChI=1S/C28H29FN2O3/c29-25-9-7-23(8-10-25)27-19-31(28(20-32)34-27)17-21-6-11-26(22-4-2-1-3-5-22)24(16-21)18-30-12-14-33-15-13-30/h1-11,16,20,27-28H,12-15,17-19H2. The molecule has 2 fully saturated rings. The van der Waals surface area contributed by atoms with E-state index in [9.17, 15) is 9.18 Å². The molecule has 5 nitrogen and oxygen atoms in total. The van der Waals surface area contributed by atoms with E-state index in [1.807, 2.05) is 11.0 Å². The van der Waals surface area contributed by atoms with Crippen LogP contribution in [0.2, 0.25) is 0 Å². The van der Waals surface area contributed by atoms with Gasteiger partial charge < -0.3 is 9.47 Å². The Kier molecular flexibility index (Phi) is 7.11. The van der Waals surface area contributed by atoms with E-state index in [1.165, 1.54) is 28.8 Å². The number of ether oxygens (including phenoxy) is 2. The van der Waals surface area contributed by atoms with Gasteiger partial charge in [-0.15, -0.1) is 0 Å². The summed E-state index contributed by atoms with van der Waals surface area (Å²) >= 11 is 0. The summed E-state index contributed by atoms with van der Waals surface area (Å²) in [5.41, 5.74) is 5.71. The van der Waals surface area contributed by atoms with Crippen LogP contribution >= 0.6 is 0 Å². The predicted molar refractivity (Wildman–Crippen MR) is 128 cm³/mol. The zero-order chi connectivity index (χ0) is 23.3. The average molecular weight is 461 g/mol.